The van der Waals surface area contributed by atoms with Gasteiger partial charge in [0.05, 0.1) is 11.1 Å². The zero-order chi connectivity index (χ0) is 17.9. The van der Waals surface area contributed by atoms with Crippen molar-refractivity contribution < 1.29 is 14.6 Å². The highest BCUT2D eigenvalue weighted by Gasteiger charge is 2.31. The van der Waals surface area contributed by atoms with Crippen molar-refractivity contribution in [1.82, 2.24) is 4.90 Å². The largest absolute Gasteiger partial charge is 0.507 e. The van der Waals surface area contributed by atoms with E-state index in [2.05, 4.69) is 4.90 Å². The van der Waals surface area contributed by atoms with Gasteiger partial charge in [0.2, 0.25) is 5.78 Å². The van der Waals surface area contributed by atoms with Gasteiger partial charge in [0.1, 0.15) is 11.5 Å². The molecule has 0 saturated carbocycles. The van der Waals surface area contributed by atoms with E-state index in [1.54, 1.807) is 18.2 Å². The Morgan fingerprint density at radius 2 is 1.73 bits per heavy atom. The molecule has 2 aliphatic heterocycles. The number of carbonyl (C=O) groups is 1. The van der Waals surface area contributed by atoms with Crippen LogP contribution in [0.5, 0.6) is 11.5 Å². The van der Waals surface area contributed by atoms with Gasteiger partial charge in [0.15, 0.2) is 5.76 Å². The van der Waals surface area contributed by atoms with Crippen LogP contribution in [0.15, 0.2) is 48.2 Å². The molecule has 1 N–H and O–H groups in total. The van der Waals surface area contributed by atoms with E-state index >= 15 is 0 Å². The third-order valence-electron chi connectivity index (χ3n) is 5.09. The second-order valence-electron chi connectivity index (χ2n) is 6.98. The highest BCUT2D eigenvalue weighted by molar-refractivity contribution is 6.14. The van der Waals surface area contributed by atoms with Crippen LogP contribution >= 0.6 is 0 Å². The van der Waals surface area contributed by atoms with Gasteiger partial charge in [-0.1, -0.05) is 43.2 Å². The van der Waals surface area contributed by atoms with Gasteiger partial charge in [-0.2, -0.15) is 0 Å². The predicted molar refractivity (Wildman–Crippen MR) is 101 cm³/mol. The summed E-state index contributed by atoms with van der Waals surface area (Å²) < 4.78 is 5.93. The summed E-state index contributed by atoms with van der Waals surface area (Å²) in [4.78, 5) is 15.1. The minimum Gasteiger partial charge on any atom is -0.507 e. The fourth-order valence-corrected chi connectivity index (χ4v) is 3.67. The first kappa shape index (κ1) is 16.9. The molecule has 0 atom stereocenters. The second-order valence-corrected chi connectivity index (χ2v) is 6.98. The molecule has 2 aliphatic rings. The van der Waals surface area contributed by atoms with E-state index in [1.807, 2.05) is 30.3 Å². The number of fused-ring (bicyclic) bond motifs is 1. The van der Waals surface area contributed by atoms with Crippen LogP contribution < -0.4 is 4.74 Å². The minimum absolute atomic E-state index is 0.124. The zero-order valence-electron chi connectivity index (χ0n) is 14.8. The molecule has 26 heavy (non-hydrogen) atoms. The SMILES string of the molecule is O=C1/C(=C/c2ccccc2)Oc2c1ccc(O)c2CN1CCCCCC1. The fourth-order valence-electron chi connectivity index (χ4n) is 3.67. The quantitative estimate of drug-likeness (QED) is 0.835. The summed E-state index contributed by atoms with van der Waals surface area (Å²) in [6.07, 6.45) is 6.63. The number of rotatable bonds is 3. The van der Waals surface area contributed by atoms with E-state index in [0.29, 0.717) is 29.2 Å². The molecule has 134 valence electrons. The topological polar surface area (TPSA) is 49.8 Å². The first-order valence-electron chi connectivity index (χ1n) is 9.29. The van der Waals surface area contributed by atoms with Gasteiger partial charge >= 0.3 is 0 Å². The number of ketones is 1. The van der Waals surface area contributed by atoms with Crippen molar-refractivity contribution in [2.45, 2.75) is 32.2 Å². The van der Waals surface area contributed by atoms with E-state index < -0.39 is 0 Å². The Balaban J connectivity index is 1.64. The molecule has 1 fully saturated rings. The maximum Gasteiger partial charge on any atom is 0.231 e. The molecule has 0 bridgehead atoms. The van der Waals surface area contributed by atoms with Crippen LogP contribution in [0.3, 0.4) is 0 Å². The number of benzene rings is 2. The molecule has 2 heterocycles. The van der Waals surface area contributed by atoms with Crippen molar-refractivity contribution in [3.8, 4) is 11.5 Å². The zero-order valence-corrected chi connectivity index (χ0v) is 14.8. The molecular weight excluding hydrogens is 326 g/mol. The standard InChI is InChI=1S/C22H23NO3/c24-19-11-10-17-21(25)20(14-16-8-4-3-5-9-16)26-22(17)18(19)15-23-12-6-1-2-7-13-23/h3-5,8-11,14,24H,1-2,6-7,12-13,15H2/b20-14-. The van der Waals surface area contributed by atoms with Gasteiger partial charge in [-0.3, -0.25) is 9.69 Å². The summed E-state index contributed by atoms with van der Waals surface area (Å²) in [5.74, 6) is 0.901. The number of nitrogens with zero attached hydrogens (tertiary/aromatic N) is 1. The molecule has 4 nitrogen and oxygen atoms in total. The first-order valence-corrected chi connectivity index (χ1v) is 9.29. The maximum absolute atomic E-state index is 12.7. The van der Waals surface area contributed by atoms with Crippen molar-refractivity contribution in [2.24, 2.45) is 0 Å². The molecule has 0 spiro atoms. The number of carbonyl (C=O) groups excluding carboxylic acids is 1. The fraction of sp³-hybridized carbons (Fsp3) is 0.318. The van der Waals surface area contributed by atoms with Crippen molar-refractivity contribution in [3.05, 3.63) is 64.9 Å². The first-order chi connectivity index (χ1) is 12.7. The van der Waals surface area contributed by atoms with E-state index in [0.717, 1.165) is 18.7 Å². The average Bonchev–Trinajstić information content (AvgIpc) is 2.83. The van der Waals surface area contributed by atoms with E-state index in [-0.39, 0.29) is 11.5 Å². The summed E-state index contributed by atoms with van der Waals surface area (Å²) >= 11 is 0. The predicted octanol–water partition coefficient (Wildman–Crippen LogP) is 4.38. The number of ether oxygens (including phenoxy) is 1. The summed E-state index contributed by atoms with van der Waals surface area (Å²) in [6.45, 7) is 2.65. The van der Waals surface area contributed by atoms with Crippen LogP contribution in [0, 0.1) is 0 Å². The summed E-state index contributed by atoms with van der Waals surface area (Å²) in [5.41, 5.74) is 2.17. The van der Waals surface area contributed by atoms with Crippen LogP contribution in [0.25, 0.3) is 6.08 Å². The molecule has 0 radical (unpaired) electrons. The number of likely N-dealkylation sites (tertiary alicyclic amines) is 1. The van der Waals surface area contributed by atoms with Crippen LogP contribution in [-0.2, 0) is 6.54 Å². The summed E-state index contributed by atoms with van der Waals surface area (Å²) in [5, 5.41) is 10.4. The summed E-state index contributed by atoms with van der Waals surface area (Å²) in [7, 11) is 0. The summed E-state index contributed by atoms with van der Waals surface area (Å²) in [6, 6.07) is 12.9. The molecule has 4 rings (SSSR count). The minimum atomic E-state index is -0.124. The lowest BCUT2D eigenvalue weighted by molar-refractivity contribution is 0.101. The van der Waals surface area contributed by atoms with Crippen molar-refractivity contribution in [1.29, 1.82) is 0 Å². The Hall–Kier alpha value is -2.59. The highest BCUT2D eigenvalue weighted by atomic mass is 16.5. The Bertz CT molecular complexity index is 834. The van der Waals surface area contributed by atoms with Gasteiger partial charge in [-0.15, -0.1) is 0 Å². The Morgan fingerprint density at radius 1 is 1.00 bits per heavy atom. The molecule has 4 heteroatoms. The highest BCUT2D eigenvalue weighted by Crippen LogP contribution is 2.40. The number of Topliss-reactive ketones (excluding diaryl/α,β-unsaturated/α-hetero) is 1. The second kappa shape index (κ2) is 7.34. The number of allylic oxidation sites excluding steroid dienone is 1. The Morgan fingerprint density at radius 3 is 2.46 bits per heavy atom. The molecule has 2 aromatic rings. The number of hydrogen-bond acceptors (Lipinski definition) is 4. The average molecular weight is 349 g/mol. The van der Waals surface area contributed by atoms with Gasteiger partial charge in [-0.05, 0) is 49.7 Å². The normalized spacial score (nSPS) is 19.2. The van der Waals surface area contributed by atoms with Gasteiger partial charge < -0.3 is 9.84 Å². The third kappa shape index (κ3) is 3.37. The molecule has 1 saturated heterocycles. The molecular formula is C22H23NO3. The van der Waals surface area contributed by atoms with Crippen LogP contribution in [0.4, 0.5) is 0 Å². The van der Waals surface area contributed by atoms with Crippen LogP contribution in [-0.4, -0.2) is 28.9 Å². The lowest BCUT2D eigenvalue weighted by atomic mass is 10.0. The van der Waals surface area contributed by atoms with Crippen LogP contribution in [0.1, 0.15) is 47.2 Å². The molecule has 0 amide bonds. The van der Waals surface area contributed by atoms with Crippen molar-refractivity contribution in [2.75, 3.05) is 13.1 Å². The third-order valence-corrected chi connectivity index (χ3v) is 5.09. The number of phenolic OH excluding ortho intramolecular Hbond substituents is 1. The monoisotopic (exact) mass is 349 g/mol. The van der Waals surface area contributed by atoms with Gasteiger partial charge in [-0.25, -0.2) is 0 Å². The number of phenols is 1. The Kier molecular flexibility index (Phi) is 4.76. The van der Waals surface area contributed by atoms with E-state index in [9.17, 15) is 9.90 Å². The molecule has 2 aromatic carbocycles. The molecule has 0 aliphatic carbocycles. The molecule has 0 aromatic heterocycles. The lowest BCUT2D eigenvalue weighted by Crippen LogP contribution is -2.24. The molecule has 0 unspecified atom stereocenters. The number of hydrogen-bond donors (Lipinski definition) is 1. The Labute approximate surface area is 153 Å². The van der Waals surface area contributed by atoms with Gasteiger partial charge in [0.25, 0.3) is 0 Å². The number of aromatic hydroxyl groups is 1. The van der Waals surface area contributed by atoms with Crippen molar-refractivity contribution in [3.63, 3.8) is 0 Å². The smallest absolute Gasteiger partial charge is 0.231 e. The van der Waals surface area contributed by atoms with Gasteiger partial charge in [0, 0.05) is 6.54 Å². The lowest BCUT2D eigenvalue weighted by Gasteiger charge is -2.21. The maximum atomic E-state index is 12.7. The van der Waals surface area contributed by atoms with Crippen molar-refractivity contribution >= 4 is 11.9 Å². The van der Waals surface area contributed by atoms with E-state index in [4.69, 9.17) is 4.74 Å². The van der Waals surface area contributed by atoms with E-state index in [1.165, 1.54) is 25.7 Å². The van der Waals surface area contributed by atoms with Crippen LogP contribution in [0.2, 0.25) is 0 Å².